The third-order valence-corrected chi connectivity index (χ3v) is 4.38. The number of rotatable bonds is 2. The third kappa shape index (κ3) is 2.80. The second-order valence-electron chi connectivity index (χ2n) is 6.11. The van der Waals surface area contributed by atoms with Crippen molar-refractivity contribution >= 4 is 11.8 Å². The first-order valence-corrected chi connectivity index (χ1v) is 7.28. The molecular formula is C15H17F2N3O2. The molecule has 0 unspecified atom stereocenters. The molecule has 1 aliphatic heterocycles. The van der Waals surface area contributed by atoms with Crippen LogP contribution >= 0.6 is 0 Å². The molecule has 118 valence electrons. The van der Waals surface area contributed by atoms with Crippen LogP contribution in [0.2, 0.25) is 0 Å². The highest BCUT2D eigenvalue weighted by Crippen LogP contribution is 2.48. The van der Waals surface area contributed by atoms with Gasteiger partial charge < -0.3 is 10.6 Å². The number of nitrogens with one attached hydrogen (secondary N) is 2. The summed E-state index contributed by atoms with van der Waals surface area (Å²) in [6, 6.07) is 4.11. The van der Waals surface area contributed by atoms with Crippen LogP contribution < -0.4 is 10.6 Å². The summed E-state index contributed by atoms with van der Waals surface area (Å²) >= 11 is 0. The Hall–Kier alpha value is -2.05. The zero-order valence-electron chi connectivity index (χ0n) is 11.9. The monoisotopic (exact) mass is 309 g/mol. The van der Waals surface area contributed by atoms with Gasteiger partial charge in [-0.1, -0.05) is 6.07 Å². The quantitative estimate of drug-likeness (QED) is 0.870. The number of hydrogen-bond acceptors (Lipinski definition) is 3. The minimum Gasteiger partial charge on any atom is -0.356 e. The number of pyridine rings is 1. The molecule has 1 saturated carbocycles. The predicted molar refractivity (Wildman–Crippen MR) is 74.3 cm³/mol. The fraction of sp³-hybridized carbons (Fsp3) is 0.533. The van der Waals surface area contributed by atoms with E-state index in [0.29, 0.717) is 13.0 Å². The van der Waals surface area contributed by atoms with E-state index < -0.39 is 36.1 Å². The van der Waals surface area contributed by atoms with E-state index >= 15 is 0 Å². The maximum Gasteiger partial charge on any atom is 0.270 e. The van der Waals surface area contributed by atoms with Crippen LogP contribution in [0, 0.1) is 5.41 Å². The first-order chi connectivity index (χ1) is 10.4. The molecule has 1 aromatic heterocycles. The molecule has 1 saturated heterocycles. The van der Waals surface area contributed by atoms with Crippen LogP contribution in [0.1, 0.15) is 36.2 Å². The number of carbonyl (C=O) groups is 2. The van der Waals surface area contributed by atoms with Gasteiger partial charge in [-0.05, 0) is 25.0 Å². The molecule has 2 atom stereocenters. The summed E-state index contributed by atoms with van der Waals surface area (Å²) < 4.78 is 28.1. The summed E-state index contributed by atoms with van der Waals surface area (Å²) in [7, 11) is 0. The van der Waals surface area contributed by atoms with Crippen LogP contribution in [-0.4, -0.2) is 35.3 Å². The van der Waals surface area contributed by atoms with E-state index in [1.165, 1.54) is 12.3 Å². The van der Waals surface area contributed by atoms with Crippen LogP contribution in [0.3, 0.4) is 0 Å². The molecule has 1 aliphatic carbocycles. The highest BCUT2D eigenvalue weighted by molar-refractivity contribution is 5.92. The first-order valence-electron chi connectivity index (χ1n) is 7.28. The number of hydrogen-bond donors (Lipinski definition) is 2. The van der Waals surface area contributed by atoms with Gasteiger partial charge in [0.2, 0.25) is 5.91 Å². The topological polar surface area (TPSA) is 71.1 Å². The third-order valence-electron chi connectivity index (χ3n) is 4.38. The molecule has 2 aliphatic rings. The van der Waals surface area contributed by atoms with Gasteiger partial charge in [-0.25, -0.2) is 8.78 Å². The largest absolute Gasteiger partial charge is 0.356 e. The molecule has 2 N–H and O–H groups in total. The van der Waals surface area contributed by atoms with Crippen LogP contribution in [0.5, 0.6) is 0 Å². The van der Waals surface area contributed by atoms with Crippen molar-refractivity contribution in [2.75, 3.05) is 6.54 Å². The number of alkyl halides is 2. The van der Waals surface area contributed by atoms with Crippen molar-refractivity contribution in [3.05, 3.63) is 30.1 Å². The van der Waals surface area contributed by atoms with Gasteiger partial charge >= 0.3 is 0 Å². The Labute approximate surface area is 126 Å². The van der Waals surface area contributed by atoms with Gasteiger partial charge in [0, 0.05) is 31.6 Å². The second kappa shape index (κ2) is 5.30. The Kier molecular flexibility index (Phi) is 3.58. The van der Waals surface area contributed by atoms with Crippen molar-refractivity contribution in [2.45, 2.75) is 37.6 Å². The van der Waals surface area contributed by atoms with Crippen LogP contribution in [-0.2, 0) is 4.79 Å². The summed E-state index contributed by atoms with van der Waals surface area (Å²) in [5.41, 5.74) is -0.884. The summed E-state index contributed by atoms with van der Waals surface area (Å²) in [5, 5.41) is 5.23. The normalized spacial score (nSPS) is 30.1. The number of aromatic nitrogens is 1. The lowest BCUT2D eigenvalue weighted by molar-refractivity contribution is -0.142. The van der Waals surface area contributed by atoms with Crippen molar-refractivity contribution in [2.24, 2.45) is 5.41 Å². The molecule has 2 heterocycles. The molecule has 0 bridgehead atoms. The molecular weight excluding hydrogens is 292 g/mol. The minimum absolute atomic E-state index is 0.182. The summed E-state index contributed by atoms with van der Waals surface area (Å²) in [6.07, 6.45) is 1.21. The predicted octanol–water partition coefficient (Wildman–Crippen LogP) is 1.51. The first kappa shape index (κ1) is 14.9. The molecule has 5 nitrogen and oxygen atoms in total. The van der Waals surface area contributed by atoms with Gasteiger partial charge in [-0.2, -0.15) is 0 Å². The highest BCUT2D eigenvalue weighted by atomic mass is 19.3. The lowest BCUT2D eigenvalue weighted by Gasteiger charge is -2.40. The Morgan fingerprint density at radius 3 is 2.82 bits per heavy atom. The lowest BCUT2D eigenvalue weighted by Crippen LogP contribution is -2.51. The highest BCUT2D eigenvalue weighted by Gasteiger charge is 2.55. The van der Waals surface area contributed by atoms with Gasteiger partial charge in [0.25, 0.3) is 11.8 Å². The van der Waals surface area contributed by atoms with Crippen LogP contribution in [0.15, 0.2) is 24.4 Å². The van der Waals surface area contributed by atoms with Gasteiger partial charge in [0.05, 0.1) is 5.41 Å². The summed E-state index contributed by atoms with van der Waals surface area (Å²) in [4.78, 5) is 28.0. The van der Waals surface area contributed by atoms with Gasteiger partial charge in [0.15, 0.2) is 0 Å². The number of halogens is 2. The standard InChI is InChI=1S/C15H17F2N3O2/c16-15(17)8-10(7-14(9-15)4-6-19-13(14)22)20-12(21)11-3-1-2-5-18-11/h1-3,5,10H,4,6-9H2,(H,19,22)(H,20,21)/t10-,14+/m0/s1. The van der Waals surface area contributed by atoms with E-state index in [1.807, 2.05) is 0 Å². The summed E-state index contributed by atoms with van der Waals surface area (Å²) in [6.45, 7) is 0.413. The zero-order valence-corrected chi connectivity index (χ0v) is 11.9. The Bertz CT molecular complexity index is 594. The number of nitrogens with zero attached hydrogens (tertiary/aromatic N) is 1. The van der Waals surface area contributed by atoms with Crippen LogP contribution in [0.4, 0.5) is 8.78 Å². The molecule has 7 heteroatoms. The van der Waals surface area contributed by atoms with E-state index in [9.17, 15) is 18.4 Å². The van der Waals surface area contributed by atoms with Crippen molar-refractivity contribution in [1.29, 1.82) is 0 Å². The zero-order chi connectivity index (χ0) is 15.8. The molecule has 22 heavy (non-hydrogen) atoms. The lowest BCUT2D eigenvalue weighted by atomic mass is 9.69. The molecule has 2 fully saturated rings. The van der Waals surface area contributed by atoms with E-state index in [4.69, 9.17) is 0 Å². The molecule has 1 aromatic rings. The van der Waals surface area contributed by atoms with E-state index in [0.717, 1.165) is 0 Å². The Morgan fingerprint density at radius 2 is 2.18 bits per heavy atom. The van der Waals surface area contributed by atoms with Gasteiger partial charge in [0.1, 0.15) is 5.69 Å². The smallest absolute Gasteiger partial charge is 0.270 e. The van der Waals surface area contributed by atoms with E-state index in [2.05, 4.69) is 15.6 Å². The minimum atomic E-state index is -2.96. The maximum atomic E-state index is 14.0. The number of carbonyl (C=O) groups excluding carboxylic acids is 2. The Morgan fingerprint density at radius 1 is 1.36 bits per heavy atom. The SMILES string of the molecule is O=C(N[C@@H]1CC(F)(F)C[C@@]2(CCNC2=O)C1)c1ccccn1. The fourth-order valence-corrected chi connectivity index (χ4v) is 3.48. The maximum absolute atomic E-state index is 14.0. The van der Waals surface area contributed by atoms with Crippen molar-refractivity contribution in [1.82, 2.24) is 15.6 Å². The van der Waals surface area contributed by atoms with Crippen molar-refractivity contribution in [3.63, 3.8) is 0 Å². The average molecular weight is 309 g/mol. The summed E-state index contributed by atoms with van der Waals surface area (Å²) in [5.74, 6) is -3.78. The molecule has 3 rings (SSSR count). The molecule has 0 radical (unpaired) electrons. The average Bonchev–Trinajstić information content (AvgIpc) is 2.78. The molecule has 0 aromatic carbocycles. The van der Waals surface area contributed by atoms with Crippen molar-refractivity contribution < 1.29 is 18.4 Å². The van der Waals surface area contributed by atoms with E-state index in [-0.39, 0.29) is 18.0 Å². The van der Waals surface area contributed by atoms with Gasteiger partial charge in [-0.15, -0.1) is 0 Å². The molecule has 2 amide bonds. The fourth-order valence-electron chi connectivity index (χ4n) is 3.48. The van der Waals surface area contributed by atoms with Crippen LogP contribution in [0.25, 0.3) is 0 Å². The van der Waals surface area contributed by atoms with Gasteiger partial charge in [-0.3, -0.25) is 14.6 Å². The van der Waals surface area contributed by atoms with E-state index in [1.54, 1.807) is 12.1 Å². The number of amides is 2. The van der Waals surface area contributed by atoms with Crippen molar-refractivity contribution in [3.8, 4) is 0 Å². The molecule has 1 spiro atoms. The second-order valence-corrected chi connectivity index (χ2v) is 6.11. The Balaban J connectivity index is 1.76.